The number of benzene rings is 2. The van der Waals surface area contributed by atoms with Crippen LogP contribution in [0.3, 0.4) is 0 Å². The summed E-state index contributed by atoms with van der Waals surface area (Å²) in [4.78, 5) is 7.09. The Labute approximate surface area is 191 Å². The van der Waals surface area contributed by atoms with Crippen molar-refractivity contribution in [2.24, 2.45) is 10.9 Å². The normalized spacial score (nSPS) is 14.8. The standard InChI is InChI=1S/C25H36N4O3/c1-3-26-25(27-14-17-32-24-10-8-23(31-2)9-11-24)28-18-20-4-6-22(7-5-20)29-15-12-21(19-30)13-16-29/h4-11,21,30H,3,12-19H2,1-2H3,(H2,26,27,28). The second-order valence-electron chi connectivity index (χ2n) is 7.93. The van der Waals surface area contributed by atoms with Crippen LogP contribution >= 0.6 is 0 Å². The van der Waals surface area contributed by atoms with Crippen molar-refractivity contribution in [2.75, 3.05) is 51.4 Å². The first-order valence-corrected chi connectivity index (χ1v) is 11.5. The Morgan fingerprint density at radius 3 is 2.34 bits per heavy atom. The Morgan fingerprint density at radius 2 is 1.72 bits per heavy atom. The van der Waals surface area contributed by atoms with Gasteiger partial charge in [0.15, 0.2) is 5.96 Å². The number of hydrogen-bond donors (Lipinski definition) is 3. The van der Waals surface area contributed by atoms with Gasteiger partial charge in [0.05, 0.1) is 20.2 Å². The van der Waals surface area contributed by atoms with E-state index in [0.29, 0.717) is 32.2 Å². The lowest BCUT2D eigenvalue weighted by Crippen LogP contribution is -2.39. The molecule has 0 amide bonds. The zero-order chi connectivity index (χ0) is 22.6. The predicted molar refractivity (Wildman–Crippen MR) is 130 cm³/mol. The van der Waals surface area contributed by atoms with Gasteiger partial charge in [0.25, 0.3) is 0 Å². The van der Waals surface area contributed by atoms with Crippen LogP contribution in [0.5, 0.6) is 11.5 Å². The fourth-order valence-electron chi connectivity index (χ4n) is 3.71. The van der Waals surface area contributed by atoms with Crippen LogP contribution in [-0.2, 0) is 6.54 Å². The van der Waals surface area contributed by atoms with Gasteiger partial charge in [-0.3, -0.25) is 0 Å². The molecule has 7 nitrogen and oxygen atoms in total. The highest BCUT2D eigenvalue weighted by Crippen LogP contribution is 2.23. The molecule has 2 aromatic carbocycles. The molecule has 0 unspecified atom stereocenters. The van der Waals surface area contributed by atoms with Crippen molar-refractivity contribution in [1.82, 2.24) is 10.6 Å². The van der Waals surface area contributed by atoms with Gasteiger partial charge in [0.2, 0.25) is 0 Å². The van der Waals surface area contributed by atoms with Crippen LogP contribution in [0.2, 0.25) is 0 Å². The molecule has 0 aliphatic carbocycles. The minimum atomic E-state index is 0.306. The summed E-state index contributed by atoms with van der Waals surface area (Å²) in [6.07, 6.45) is 2.12. The molecule has 1 saturated heterocycles. The molecule has 1 aliphatic heterocycles. The smallest absolute Gasteiger partial charge is 0.191 e. The van der Waals surface area contributed by atoms with E-state index < -0.39 is 0 Å². The predicted octanol–water partition coefficient (Wildman–Crippen LogP) is 3.04. The molecule has 0 saturated carbocycles. The fraction of sp³-hybridized carbons (Fsp3) is 0.480. The van der Waals surface area contributed by atoms with E-state index >= 15 is 0 Å². The maximum atomic E-state index is 9.31. The van der Waals surface area contributed by atoms with Gasteiger partial charge in [-0.2, -0.15) is 0 Å². The van der Waals surface area contributed by atoms with Gasteiger partial charge >= 0.3 is 0 Å². The van der Waals surface area contributed by atoms with Gasteiger partial charge < -0.3 is 30.1 Å². The van der Waals surface area contributed by atoms with Gasteiger partial charge in [-0.05, 0) is 67.6 Å². The average molecular weight is 441 g/mol. The number of aliphatic hydroxyl groups excluding tert-OH is 1. The van der Waals surface area contributed by atoms with E-state index in [4.69, 9.17) is 14.5 Å². The van der Waals surface area contributed by atoms with Gasteiger partial charge in [0, 0.05) is 31.9 Å². The van der Waals surface area contributed by atoms with Crippen LogP contribution < -0.4 is 25.0 Å². The first-order valence-electron chi connectivity index (χ1n) is 11.5. The molecule has 0 radical (unpaired) electrons. The van der Waals surface area contributed by atoms with Crippen molar-refractivity contribution in [3.05, 3.63) is 54.1 Å². The molecule has 0 aromatic heterocycles. The van der Waals surface area contributed by atoms with Crippen molar-refractivity contribution in [2.45, 2.75) is 26.3 Å². The molecule has 7 heteroatoms. The number of guanidine groups is 1. The van der Waals surface area contributed by atoms with E-state index in [1.54, 1.807) is 7.11 Å². The third kappa shape index (κ3) is 7.34. The van der Waals surface area contributed by atoms with Gasteiger partial charge in [0.1, 0.15) is 18.1 Å². The first-order chi connectivity index (χ1) is 15.7. The Balaban J connectivity index is 1.44. The summed E-state index contributed by atoms with van der Waals surface area (Å²) in [6.45, 7) is 6.99. The quantitative estimate of drug-likeness (QED) is 0.299. The number of anilines is 1. The van der Waals surface area contributed by atoms with Crippen LogP contribution in [0.1, 0.15) is 25.3 Å². The maximum Gasteiger partial charge on any atom is 0.191 e. The zero-order valence-corrected chi connectivity index (χ0v) is 19.2. The Morgan fingerprint density at radius 1 is 1.03 bits per heavy atom. The van der Waals surface area contributed by atoms with Gasteiger partial charge in [-0.15, -0.1) is 0 Å². The lowest BCUT2D eigenvalue weighted by molar-refractivity contribution is 0.203. The van der Waals surface area contributed by atoms with Crippen LogP contribution in [0.15, 0.2) is 53.5 Å². The van der Waals surface area contributed by atoms with Gasteiger partial charge in [-0.1, -0.05) is 12.1 Å². The number of methoxy groups -OCH3 is 1. The maximum absolute atomic E-state index is 9.31. The SMILES string of the molecule is CCNC(=NCc1ccc(N2CCC(CO)CC2)cc1)NCCOc1ccc(OC)cc1. The molecule has 3 N–H and O–H groups in total. The highest BCUT2D eigenvalue weighted by molar-refractivity contribution is 5.79. The number of aliphatic hydroxyl groups is 1. The van der Waals surface area contributed by atoms with E-state index in [0.717, 1.165) is 49.9 Å². The monoisotopic (exact) mass is 440 g/mol. The molecule has 1 aliphatic rings. The second-order valence-corrected chi connectivity index (χ2v) is 7.93. The van der Waals surface area contributed by atoms with Crippen LogP contribution in [0.4, 0.5) is 5.69 Å². The van der Waals surface area contributed by atoms with E-state index in [-0.39, 0.29) is 0 Å². The largest absolute Gasteiger partial charge is 0.497 e. The third-order valence-corrected chi connectivity index (χ3v) is 5.66. The fourth-order valence-corrected chi connectivity index (χ4v) is 3.71. The summed E-state index contributed by atoms with van der Waals surface area (Å²) in [6, 6.07) is 16.2. The van der Waals surface area contributed by atoms with E-state index in [9.17, 15) is 5.11 Å². The van der Waals surface area contributed by atoms with E-state index in [2.05, 4.69) is 46.7 Å². The summed E-state index contributed by atoms with van der Waals surface area (Å²) in [5.74, 6) is 2.87. The van der Waals surface area contributed by atoms with Crippen molar-refractivity contribution in [1.29, 1.82) is 0 Å². The van der Waals surface area contributed by atoms with Crippen molar-refractivity contribution in [3.63, 3.8) is 0 Å². The van der Waals surface area contributed by atoms with E-state index in [1.807, 2.05) is 24.3 Å². The van der Waals surface area contributed by atoms with Crippen molar-refractivity contribution < 1.29 is 14.6 Å². The molecular formula is C25H36N4O3. The minimum Gasteiger partial charge on any atom is -0.497 e. The molecule has 1 heterocycles. The molecule has 1 fully saturated rings. The Bertz CT molecular complexity index is 816. The van der Waals surface area contributed by atoms with Crippen molar-refractivity contribution in [3.8, 4) is 11.5 Å². The molecule has 32 heavy (non-hydrogen) atoms. The van der Waals surface area contributed by atoms with Crippen LogP contribution in [0.25, 0.3) is 0 Å². The van der Waals surface area contributed by atoms with Crippen LogP contribution in [-0.4, -0.2) is 57.6 Å². The zero-order valence-electron chi connectivity index (χ0n) is 19.2. The lowest BCUT2D eigenvalue weighted by Gasteiger charge is -2.32. The number of piperidine rings is 1. The Kier molecular flexibility index (Phi) is 9.50. The number of hydrogen-bond acceptors (Lipinski definition) is 5. The Hall–Kier alpha value is -2.93. The number of aliphatic imine (C=N–C) groups is 1. The number of nitrogens with one attached hydrogen (secondary N) is 2. The molecular weight excluding hydrogens is 404 g/mol. The summed E-state index contributed by atoms with van der Waals surface area (Å²) >= 11 is 0. The molecule has 3 rings (SSSR count). The van der Waals surface area contributed by atoms with Crippen LogP contribution in [0, 0.1) is 5.92 Å². The summed E-state index contributed by atoms with van der Waals surface area (Å²) < 4.78 is 10.9. The number of rotatable bonds is 10. The number of ether oxygens (including phenoxy) is 2. The number of nitrogens with zero attached hydrogens (tertiary/aromatic N) is 2. The minimum absolute atomic E-state index is 0.306. The topological polar surface area (TPSA) is 78.4 Å². The second kappa shape index (κ2) is 12.8. The lowest BCUT2D eigenvalue weighted by atomic mass is 9.97. The summed E-state index contributed by atoms with van der Waals surface area (Å²) in [7, 11) is 1.65. The van der Waals surface area contributed by atoms with Gasteiger partial charge in [-0.25, -0.2) is 4.99 Å². The van der Waals surface area contributed by atoms with Crippen molar-refractivity contribution >= 4 is 11.6 Å². The van der Waals surface area contributed by atoms with E-state index in [1.165, 1.54) is 11.3 Å². The molecule has 0 spiro atoms. The molecule has 0 bridgehead atoms. The average Bonchev–Trinajstić information content (AvgIpc) is 2.86. The summed E-state index contributed by atoms with van der Waals surface area (Å²) in [5, 5.41) is 15.9. The third-order valence-electron chi connectivity index (χ3n) is 5.66. The molecule has 174 valence electrons. The first kappa shape index (κ1) is 23.7. The molecule has 0 atom stereocenters. The highest BCUT2D eigenvalue weighted by Gasteiger charge is 2.18. The highest BCUT2D eigenvalue weighted by atomic mass is 16.5. The summed E-state index contributed by atoms with van der Waals surface area (Å²) in [5.41, 5.74) is 2.42. The molecule has 2 aromatic rings.